The van der Waals surface area contributed by atoms with E-state index >= 15 is 0 Å². The number of nitrogens with two attached hydrogens (primary N) is 1. The molecule has 9 N–H and O–H groups in total. The van der Waals surface area contributed by atoms with Crippen molar-refractivity contribution in [1.29, 1.82) is 0 Å². The molecule has 3 heterocycles. The lowest BCUT2D eigenvalue weighted by Gasteiger charge is -2.20. The Hall–Kier alpha value is -10.7. The third kappa shape index (κ3) is 34.7. The topological polar surface area (TPSA) is 299 Å². The van der Waals surface area contributed by atoms with Crippen LogP contribution in [0.25, 0.3) is 0 Å². The Kier molecular flexibility index (Phi) is 42.6. The molecule has 6 atom stereocenters. The fourth-order valence-corrected chi connectivity index (χ4v) is 10.1. The van der Waals surface area contributed by atoms with Gasteiger partial charge in [-0.1, -0.05) is 135 Å². The summed E-state index contributed by atoms with van der Waals surface area (Å²) in [6.45, 7) is 1.45. The highest BCUT2D eigenvalue weighted by Crippen LogP contribution is 2.24. The van der Waals surface area contributed by atoms with Gasteiger partial charge in [-0.3, -0.25) is 14.8 Å². The van der Waals surface area contributed by atoms with Gasteiger partial charge in [0.15, 0.2) is 0 Å². The highest BCUT2D eigenvalue weighted by atomic mass is 19.1. The number of carbonyl (C=O) groups is 5. The standard InChI is InChI=1S/C31H30FNO5.C18H23FN2O4.C17H21FO3.C14H11NO3.CH4O.CH4.H3N/c32-26-18-20-27(21-19-26)36-23-29-17-8-7-15-28(37-29)16-9-10-22-33(30(34)24-11-3-1-4-12-24)38-31(35)25-13-5-2-6-14-25;19-14-8-10-15(11-9-14)24-13-17-7-2-1-5-16(25-17)6-3-4-12-21(23)18(20)22;18-14-8-10-15(11-9-14)20-13-17-7-2-1-5-16(21-17)6-3-4-12-19;16-13(11-7-3-1-4-8-11)15-18-14(17)12-9-5-2-6-10-12;1-2;;/h1-6,11-14,18-21,28-29H,7-8,10,15,17,22-23H2;8-11,16-17,23H,1-2,4-5,7,12-13H2,(H2,20,22);8-11,16-17,19H,1-2,4-5,7,12-13H2;1-10H,(H,15,16);2H,1H3;1H4;1H3. The number of aliphatic hydroxyl groups excluding tert-OH is 2. The third-order valence-electron chi connectivity index (χ3n) is 15.4. The van der Waals surface area contributed by atoms with Gasteiger partial charge in [-0.2, -0.15) is 10.5 Å². The van der Waals surface area contributed by atoms with E-state index in [1.165, 1.54) is 36.4 Å². The van der Waals surface area contributed by atoms with Crippen molar-refractivity contribution in [3.63, 3.8) is 0 Å². The van der Waals surface area contributed by atoms with Crippen molar-refractivity contribution in [1.82, 2.24) is 21.8 Å². The molecule has 3 aliphatic rings. The Balaban J connectivity index is 0.000000307. The normalized spacial score (nSPS) is 16.8. The van der Waals surface area contributed by atoms with Crippen LogP contribution in [0, 0.1) is 53.0 Å². The second kappa shape index (κ2) is 51.4. The Bertz CT molecular complexity index is 3790. The predicted octanol–water partition coefficient (Wildman–Crippen LogP) is 14.0. The Morgan fingerprint density at radius 3 is 1.17 bits per heavy atom. The first kappa shape index (κ1) is 87.7. The van der Waals surface area contributed by atoms with Crippen LogP contribution >= 0.6 is 0 Å². The average Bonchev–Trinajstić information content (AvgIpc) is 0.981. The summed E-state index contributed by atoms with van der Waals surface area (Å²) < 4.78 is 74.0. The number of urea groups is 1. The Morgan fingerprint density at radius 2 is 0.802 bits per heavy atom. The molecule has 6 unspecified atom stereocenters. The van der Waals surface area contributed by atoms with Gasteiger partial charge in [-0.15, -0.1) is 0 Å². The summed E-state index contributed by atoms with van der Waals surface area (Å²) in [6.07, 6.45) is 11.8. The maximum atomic E-state index is 13.1. The fraction of sp³-hybridized carbons (Fsp3) is 0.354. The largest absolute Gasteiger partial charge is 0.491 e. The molecule has 566 valence electrons. The lowest BCUT2D eigenvalue weighted by atomic mass is 10.1. The van der Waals surface area contributed by atoms with E-state index in [9.17, 15) is 37.1 Å². The number of nitrogens with zero attached hydrogens (tertiary/aromatic N) is 2. The van der Waals surface area contributed by atoms with Crippen molar-refractivity contribution in [2.75, 3.05) is 46.6 Å². The molecular weight excluding hydrogens is 1370 g/mol. The highest BCUT2D eigenvalue weighted by Gasteiger charge is 2.25. The van der Waals surface area contributed by atoms with Crippen LogP contribution in [0.4, 0.5) is 18.0 Å². The van der Waals surface area contributed by atoms with Crippen LogP contribution in [0.15, 0.2) is 194 Å². The first-order chi connectivity index (χ1) is 50.7. The summed E-state index contributed by atoms with van der Waals surface area (Å²) in [5.74, 6) is 17.0. The number of nitrogens with one attached hydrogen (secondary N) is 1. The zero-order valence-electron chi connectivity index (χ0n) is 58.8. The van der Waals surface area contributed by atoms with Crippen LogP contribution in [0.1, 0.15) is 145 Å². The highest BCUT2D eigenvalue weighted by molar-refractivity contribution is 5.96. The van der Waals surface area contributed by atoms with Crippen LogP contribution < -0.4 is 31.6 Å². The van der Waals surface area contributed by atoms with E-state index in [1.54, 1.807) is 152 Å². The van der Waals surface area contributed by atoms with Crippen molar-refractivity contribution in [2.24, 2.45) is 5.73 Å². The van der Waals surface area contributed by atoms with Gasteiger partial charge < -0.3 is 60.2 Å². The van der Waals surface area contributed by atoms with Crippen molar-refractivity contribution < 1.29 is 90.7 Å². The minimum atomic E-state index is -0.898. The average molecular weight is 1460 g/mol. The predicted molar refractivity (Wildman–Crippen MR) is 394 cm³/mol. The molecule has 10 rings (SSSR count). The summed E-state index contributed by atoms with van der Waals surface area (Å²) >= 11 is 0. The lowest BCUT2D eigenvalue weighted by molar-refractivity contribution is -0.0803. The van der Waals surface area contributed by atoms with Crippen molar-refractivity contribution in [2.45, 2.75) is 140 Å². The maximum absolute atomic E-state index is 13.1. The molecule has 106 heavy (non-hydrogen) atoms. The molecule has 4 amide bonds. The van der Waals surface area contributed by atoms with E-state index in [4.69, 9.17) is 59.3 Å². The van der Waals surface area contributed by atoms with E-state index in [2.05, 4.69) is 41.0 Å². The van der Waals surface area contributed by atoms with Gasteiger partial charge in [0.1, 0.15) is 72.8 Å². The Labute approximate surface area is 618 Å². The number of amides is 4. The van der Waals surface area contributed by atoms with Crippen molar-refractivity contribution in [3.8, 4) is 52.8 Å². The molecule has 0 saturated carbocycles. The minimum Gasteiger partial charge on any atom is -0.491 e. The van der Waals surface area contributed by atoms with Gasteiger partial charge in [0.2, 0.25) is 0 Å². The monoisotopic (exact) mass is 1460 g/mol. The summed E-state index contributed by atoms with van der Waals surface area (Å²) in [5, 5.41) is 26.4. The van der Waals surface area contributed by atoms with Crippen LogP contribution in [0.3, 0.4) is 0 Å². The first-order valence-corrected chi connectivity index (χ1v) is 34.3. The Morgan fingerprint density at radius 1 is 0.472 bits per heavy atom. The number of halogens is 3. The van der Waals surface area contributed by atoms with Gasteiger partial charge in [0.25, 0.3) is 11.8 Å². The molecule has 7 aromatic carbocycles. The van der Waals surface area contributed by atoms with Crippen LogP contribution in [0.5, 0.6) is 17.2 Å². The molecular formula is C82H96F3N5O16. The van der Waals surface area contributed by atoms with Crippen molar-refractivity contribution >= 4 is 29.8 Å². The molecule has 7 aromatic rings. The van der Waals surface area contributed by atoms with Gasteiger partial charge in [-0.25, -0.2) is 32.6 Å². The lowest BCUT2D eigenvalue weighted by Crippen LogP contribution is -2.34. The molecule has 0 spiro atoms. The smallest absolute Gasteiger partial charge is 0.363 e. The second-order valence-electron chi connectivity index (χ2n) is 23.4. The molecule has 24 heteroatoms. The van der Waals surface area contributed by atoms with Gasteiger partial charge in [0, 0.05) is 37.5 Å². The summed E-state index contributed by atoms with van der Waals surface area (Å²) in [7, 11) is 1.00. The molecule has 0 bridgehead atoms. The van der Waals surface area contributed by atoms with E-state index in [-0.39, 0.29) is 87.3 Å². The number of hydrogen-bond acceptors (Lipinski definition) is 17. The van der Waals surface area contributed by atoms with Gasteiger partial charge in [0.05, 0.1) is 49.1 Å². The number of aliphatic hydroxyl groups is 2. The zero-order valence-corrected chi connectivity index (χ0v) is 58.8. The summed E-state index contributed by atoms with van der Waals surface area (Å²) in [5.41, 5.74) is 8.60. The van der Waals surface area contributed by atoms with E-state index in [0.717, 1.165) is 89.2 Å². The second-order valence-corrected chi connectivity index (χ2v) is 23.4. The number of hydrogen-bond donors (Lipinski definition) is 6. The van der Waals surface area contributed by atoms with Crippen LogP contribution in [-0.2, 0) is 23.9 Å². The van der Waals surface area contributed by atoms with E-state index < -0.39 is 29.8 Å². The van der Waals surface area contributed by atoms with Crippen LogP contribution in [0.2, 0.25) is 0 Å². The molecule has 0 radical (unpaired) electrons. The summed E-state index contributed by atoms with van der Waals surface area (Å²) in [4.78, 5) is 69.7. The molecule has 0 aromatic heterocycles. The number of ether oxygens (including phenoxy) is 6. The molecule has 3 aliphatic heterocycles. The molecule has 0 aliphatic carbocycles. The zero-order chi connectivity index (χ0) is 74.4. The van der Waals surface area contributed by atoms with Crippen molar-refractivity contribution in [3.05, 3.63) is 234 Å². The summed E-state index contributed by atoms with van der Waals surface area (Å²) in [6, 6.07) is 51.0. The van der Waals surface area contributed by atoms with E-state index in [1.807, 2.05) is 6.07 Å². The first-order valence-electron chi connectivity index (χ1n) is 34.3. The number of hydroxylamine groups is 5. The number of carbonyl (C=O) groups excluding carboxylic acids is 5. The van der Waals surface area contributed by atoms with Crippen LogP contribution in [-0.4, -0.2) is 139 Å². The number of benzene rings is 7. The van der Waals surface area contributed by atoms with E-state index in [0.29, 0.717) is 83.6 Å². The maximum Gasteiger partial charge on any atom is 0.363 e. The molecule has 21 nitrogen and oxygen atoms in total. The minimum absolute atomic E-state index is 0. The van der Waals surface area contributed by atoms with Gasteiger partial charge >= 0.3 is 18.0 Å². The molecule has 3 fully saturated rings. The SMILES string of the molecule is C.CO.N.NC(=O)N(O)CCC#CC1CCCCC(COc2ccc(F)cc2)O1.O=C(NOC(=O)c1ccccc1)c1ccccc1.O=C(ON(CCC#CC1CCCCC(COc2ccc(F)cc2)O1)C(=O)c1ccccc1)c1ccccc1.OCCC#CC1CCCCC(COc2ccc(F)cc2)O1. The van der Waals surface area contributed by atoms with Gasteiger partial charge in [-0.05, 0) is 179 Å². The number of primary amides is 1. The fourth-order valence-electron chi connectivity index (χ4n) is 10.1. The third-order valence-corrected chi connectivity index (χ3v) is 15.4. The number of rotatable bonds is 18. The molecule has 3 saturated heterocycles. The quantitative estimate of drug-likeness (QED) is 0.0264.